The molecule has 0 heterocycles. The molecule has 96 valence electrons. The van der Waals surface area contributed by atoms with E-state index in [0.717, 1.165) is 0 Å². The molecule has 0 aliphatic heterocycles. The average molecular weight is 267 g/mol. The largest absolute Gasteiger partial charge is 0.481 e. The number of nitrogens with one attached hydrogen (secondary N) is 1. The van der Waals surface area contributed by atoms with Gasteiger partial charge in [-0.3, -0.25) is 9.52 Å². The van der Waals surface area contributed by atoms with E-state index < -0.39 is 16.0 Å². The van der Waals surface area contributed by atoms with E-state index in [1.54, 1.807) is 18.2 Å². The summed E-state index contributed by atoms with van der Waals surface area (Å²) in [5.41, 5.74) is 0.946. The number of anilines is 1. The summed E-state index contributed by atoms with van der Waals surface area (Å²) in [5.74, 6) is 1.15. The van der Waals surface area contributed by atoms with Crippen LogP contribution in [0.3, 0.4) is 0 Å². The fourth-order valence-corrected chi connectivity index (χ4v) is 2.43. The van der Waals surface area contributed by atoms with Gasteiger partial charge >= 0.3 is 5.97 Å². The maximum atomic E-state index is 11.6. The molecule has 5 nitrogen and oxygen atoms in total. The number of benzene rings is 1. The van der Waals surface area contributed by atoms with Crippen LogP contribution < -0.4 is 4.72 Å². The van der Waals surface area contributed by atoms with Crippen molar-refractivity contribution in [2.75, 3.05) is 10.5 Å². The third-order valence-corrected chi connectivity index (χ3v) is 3.48. The standard InChI is InChI=1S/C12H13NO4S/c1-2-10-5-3-6-11(9-10)13-18(16,17)8-4-7-12(14)15/h1,3,5-6,9,13H,4,7-8H2,(H,14,15). The highest BCUT2D eigenvalue weighted by atomic mass is 32.2. The molecule has 0 unspecified atom stereocenters. The molecule has 0 saturated carbocycles. The highest BCUT2D eigenvalue weighted by molar-refractivity contribution is 7.92. The molecule has 0 radical (unpaired) electrons. The van der Waals surface area contributed by atoms with Crippen LogP contribution in [-0.4, -0.2) is 25.2 Å². The number of aliphatic carboxylic acids is 1. The lowest BCUT2D eigenvalue weighted by Gasteiger charge is -2.07. The first-order valence-corrected chi connectivity index (χ1v) is 6.87. The molecule has 0 saturated heterocycles. The second kappa shape index (κ2) is 6.07. The topological polar surface area (TPSA) is 83.5 Å². The number of carboxylic acids is 1. The van der Waals surface area contributed by atoms with Gasteiger partial charge in [0.05, 0.1) is 5.75 Å². The molecule has 2 N–H and O–H groups in total. The predicted molar refractivity (Wildman–Crippen MR) is 68.7 cm³/mol. The summed E-state index contributed by atoms with van der Waals surface area (Å²) in [6.45, 7) is 0. The summed E-state index contributed by atoms with van der Waals surface area (Å²) in [5, 5.41) is 8.43. The van der Waals surface area contributed by atoms with Gasteiger partial charge in [-0.05, 0) is 24.6 Å². The molecule has 0 aliphatic carbocycles. The molecular formula is C12H13NO4S. The summed E-state index contributed by atoms with van der Waals surface area (Å²) in [6.07, 6.45) is 5.10. The van der Waals surface area contributed by atoms with E-state index in [1.807, 2.05) is 0 Å². The molecule has 0 spiro atoms. The van der Waals surface area contributed by atoms with Crippen molar-refractivity contribution in [1.82, 2.24) is 0 Å². The van der Waals surface area contributed by atoms with Crippen molar-refractivity contribution in [3.05, 3.63) is 29.8 Å². The van der Waals surface area contributed by atoms with Crippen molar-refractivity contribution < 1.29 is 18.3 Å². The minimum absolute atomic E-state index is 0.0689. The lowest BCUT2D eigenvalue weighted by Crippen LogP contribution is -2.17. The molecule has 0 bridgehead atoms. The molecule has 0 aromatic heterocycles. The van der Waals surface area contributed by atoms with Crippen LogP contribution in [-0.2, 0) is 14.8 Å². The van der Waals surface area contributed by atoms with Gasteiger partial charge in [-0.25, -0.2) is 8.42 Å². The molecule has 0 aliphatic rings. The third-order valence-electron chi connectivity index (χ3n) is 2.11. The van der Waals surface area contributed by atoms with Gasteiger partial charge in [-0.2, -0.15) is 0 Å². The Labute approximate surface area is 106 Å². The van der Waals surface area contributed by atoms with Gasteiger partial charge in [-0.15, -0.1) is 6.42 Å². The summed E-state index contributed by atoms with van der Waals surface area (Å²) in [7, 11) is -3.54. The molecule has 6 heteroatoms. The van der Waals surface area contributed by atoms with Crippen LogP contribution in [0.15, 0.2) is 24.3 Å². The number of carboxylic acid groups (broad SMARTS) is 1. The van der Waals surface area contributed by atoms with Crippen molar-refractivity contribution in [3.8, 4) is 12.3 Å². The van der Waals surface area contributed by atoms with Crippen molar-refractivity contribution in [2.24, 2.45) is 0 Å². The highest BCUT2D eigenvalue weighted by Crippen LogP contribution is 2.12. The van der Waals surface area contributed by atoms with E-state index in [4.69, 9.17) is 11.5 Å². The van der Waals surface area contributed by atoms with E-state index in [2.05, 4.69) is 10.6 Å². The number of sulfonamides is 1. The van der Waals surface area contributed by atoms with Crippen LogP contribution >= 0.6 is 0 Å². The minimum atomic E-state index is -3.54. The van der Waals surface area contributed by atoms with E-state index in [1.165, 1.54) is 6.07 Å². The van der Waals surface area contributed by atoms with E-state index in [0.29, 0.717) is 11.3 Å². The van der Waals surface area contributed by atoms with Crippen molar-refractivity contribution in [2.45, 2.75) is 12.8 Å². The van der Waals surface area contributed by atoms with Gasteiger partial charge in [0.2, 0.25) is 10.0 Å². The number of hydrogen-bond acceptors (Lipinski definition) is 3. The van der Waals surface area contributed by atoms with Crippen molar-refractivity contribution >= 4 is 21.7 Å². The first kappa shape index (κ1) is 14.1. The Hall–Kier alpha value is -2.00. The zero-order chi connectivity index (χ0) is 13.6. The van der Waals surface area contributed by atoms with Gasteiger partial charge < -0.3 is 5.11 Å². The van der Waals surface area contributed by atoms with Crippen molar-refractivity contribution in [3.63, 3.8) is 0 Å². The second-order valence-corrected chi connectivity index (χ2v) is 5.49. The lowest BCUT2D eigenvalue weighted by atomic mass is 10.2. The zero-order valence-electron chi connectivity index (χ0n) is 9.59. The molecule has 1 rings (SSSR count). The Morgan fingerprint density at radius 1 is 1.44 bits per heavy atom. The Kier molecular flexibility index (Phi) is 4.75. The average Bonchev–Trinajstić information content (AvgIpc) is 2.27. The van der Waals surface area contributed by atoms with Crippen LogP contribution in [0.2, 0.25) is 0 Å². The molecule has 1 aromatic carbocycles. The molecule has 0 fully saturated rings. The van der Waals surface area contributed by atoms with Crippen LogP contribution in [0, 0.1) is 12.3 Å². The molecule has 0 amide bonds. The Balaban J connectivity index is 2.65. The fraction of sp³-hybridized carbons (Fsp3) is 0.250. The van der Waals surface area contributed by atoms with Crippen LogP contribution in [0.25, 0.3) is 0 Å². The van der Waals surface area contributed by atoms with E-state index >= 15 is 0 Å². The van der Waals surface area contributed by atoms with Gasteiger partial charge in [0.1, 0.15) is 0 Å². The third kappa shape index (κ3) is 4.89. The number of hydrogen-bond donors (Lipinski definition) is 2. The van der Waals surface area contributed by atoms with Crippen LogP contribution in [0.5, 0.6) is 0 Å². The Morgan fingerprint density at radius 3 is 2.78 bits per heavy atom. The van der Waals surface area contributed by atoms with Crippen molar-refractivity contribution in [1.29, 1.82) is 0 Å². The summed E-state index contributed by atoms with van der Waals surface area (Å²) in [6, 6.07) is 6.44. The SMILES string of the molecule is C#Cc1cccc(NS(=O)(=O)CCCC(=O)O)c1. The first-order chi connectivity index (χ1) is 8.43. The van der Waals surface area contributed by atoms with E-state index in [-0.39, 0.29) is 18.6 Å². The quantitative estimate of drug-likeness (QED) is 0.760. The normalized spacial score (nSPS) is 10.6. The Bertz CT molecular complexity index is 572. The lowest BCUT2D eigenvalue weighted by molar-refractivity contribution is -0.137. The van der Waals surface area contributed by atoms with Crippen LogP contribution in [0.1, 0.15) is 18.4 Å². The van der Waals surface area contributed by atoms with Gasteiger partial charge in [0, 0.05) is 17.7 Å². The second-order valence-electron chi connectivity index (χ2n) is 3.64. The smallest absolute Gasteiger partial charge is 0.303 e. The number of carbonyl (C=O) groups is 1. The van der Waals surface area contributed by atoms with Gasteiger partial charge in [0.15, 0.2) is 0 Å². The molecule has 0 atom stereocenters. The first-order valence-electron chi connectivity index (χ1n) is 5.22. The van der Waals surface area contributed by atoms with Gasteiger partial charge in [-0.1, -0.05) is 12.0 Å². The van der Waals surface area contributed by atoms with Gasteiger partial charge in [0.25, 0.3) is 0 Å². The maximum absolute atomic E-state index is 11.6. The minimum Gasteiger partial charge on any atom is -0.481 e. The van der Waals surface area contributed by atoms with E-state index in [9.17, 15) is 13.2 Å². The summed E-state index contributed by atoms with van der Waals surface area (Å²) >= 11 is 0. The summed E-state index contributed by atoms with van der Waals surface area (Å²) < 4.78 is 25.6. The summed E-state index contributed by atoms with van der Waals surface area (Å²) in [4.78, 5) is 10.3. The van der Waals surface area contributed by atoms with Crippen LogP contribution in [0.4, 0.5) is 5.69 Å². The fourth-order valence-electron chi connectivity index (χ4n) is 1.32. The predicted octanol–water partition coefficient (Wildman–Crippen LogP) is 1.27. The Morgan fingerprint density at radius 2 is 2.17 bits per heavy atom. The maximum Gasteiger partial charge on any atom is 0.303 e. The molecular weight excluding hydrogens is 254 g/mol. The monoisotopic (exact) mass is 267 g/mol. The molecule has 18 heavy (non-hydrogen) atoms. The number of terminal acetylenes is 1. The number of rotatable bonds is 6. The zero-order valence-corrected chi connectivity index (χ0v) is 10.4. The highest BCUT2D eigenvalue weighted by Gasteiger charge is 2.11. The molecule has 1 aromatic rings.